The molecule has 43 heavy (non-hydrogen) atoms. The Hall–Kier alpha value is -4.01. The molecule has 2 saturated heterocycles. The maximum Gasteiger partial charge on any atom is 0.246 e. The third-order valence-corrected chi connectivity index (χ3v) is 9.81. The Morgan fingerprint density at radius 1 is 0.953 bits per heavy atom. The van der Waals surface area contributed by atoms with Crippen molar-refractivity contribution in [1.29, 1.82) is 0 Å². The van der Waals surface area contributed by atoms with Crippen molar-refractivity contribution in [3.63, 3.8) is 0 Å². The summed E-state index contributed by atoms with van der Waals surface area (Å²) in [5.41, 5.74) is 8.89. The van der Waals surface area contributed by atoms with E-state index in [0.717, 1.165) is 36.0 Å². The maximum absolute atomic E-state index is 14.4. The van der Waals surface area contributed by atoms with Crippen molar-refractivity contribution in [3.05, 3.63) is 108 Å². The lowest BCUT2D eigenvalue weighted by molar-refractivity contribution is -0.145. The van der Waals surface area contributed by atoms with E-state index < -0.39 is 18.1 Å². The van der Waals surface area contributed by atoms with Crippen LogP contribution >= 0.6 is 0 Å². The first-order valence-corrected chi connectivity index (χ1v) is 15.4. The Balaban J connectivity index is 1.24. The molecule has 1 spiro atoms. The summed E-state index contributed by atoms with van der Waals surface area (Å²) in [6.07, 6.45) is 3.53. The standard InChI is InChI=1S/C35H41N5O3/c1-37-28(19-23-11-5-2-6-12-23)32(41)39-31-26(22-36)20-27-21-35(27)18-17-29(40(35)34(31)43)33(42)38-30(24-13-7-3-8-14-24)25-15-9-4-10-16-25/h2-16,26-31,37H,17-22,36H2,1H3,(H,38,42)(H,39,41). The first kappa shape index (κ1) is 29.1. The molecule has 0 bridgehead atoms. The third-order valence-electron chi connectivity index (χ3n) is 9.81. The zero-order chi connectivity index (χ0) is 30.0. The van der Waals surface area contributed by atoms with Gasteiger partial charge in [-0.25, -0.2) is 0 Å². The summed E-state index contributed by atoms with van der Waals surface area (Å²) in [7, 11) is 1.75. The lowest BCUT2D eigenvalue weighted by Gasteiger charge is -2.35. The average molecular weight is 580 g/mol. The number of carbonyl (C=O) groups excluding carboxylic acids is 3. The van der Waals surface area contributed by atoms with Crippen LogP contribution in [0.4, 0.5) is 0 Å². The number of amides is 3. The van der Waals surface area contributed by atoms with Crippen LogP contribution in [0.3, 0.4) is 0 Å². The second-order valence-corrected chi connectivity index (χ2v) is 12.3. The minimum Gasteiger partial charge on any atom is -0.343 e. The molecule has 6 atom stereocenters. The molecule has 8 nitrogen and oxygen atoms in total. The predicted octanol–water partition coefficient (Wildman–Crippen LogP) is 2.94. The molecule has 6 unspecified atom stereocenters. The molecule has 8 heteroatoms. The highest BCUT2D eigenvalue weighted by atomic mass is 16.2. The Labute approximate surface area is 253 Å². The van der Waals surface area contributed by atoms with Gasteiger partial charge in [-0.05, 0) is 68.3 Å². The molecule has 3 aliphatic rings. The average Bonchev–Trinajstić information content (AvgIpc) is 3.62. The van der Waals surface area contributed by atoms with Gasteiger partial charge in [0.1, 0.15) is 12.1 Å². The van der Waals surface area contributed by atoms with Crippen molar-refractivity contribution < 1.29 is 14.4 Å². The van der Waals surface area contributed by atoms with E-state index in [2.05, 4.69) is 16.0 Å². The Morgan fingerprint density at radius 2 is 1.56 bits per heavy atom. The molecule has 224 valence electrons. The van der Waals surface area contributed by atoms with Gasteiger partial charge in [-0.2, -0.15) is 0 Å². The molecule has 3 fully saturated rings. The van der Waals surface area contributed by atoms with E-state index in [9.17, 15) is 14.4 Å². The van der Waals surface area contributed by atoms with Gasteiger partial charge >= 0.3 is 0 Å². The molecule has 5 N–H and O–H groups in total. The number of nitrogens with one attached hydrogen (secondary N) is 3. The molecule has 1 aliphatic carbocycles. The molecule has 0 aromatic heterocycles. The van der Waals surface area contributed by atoms with Gasteiger partial charge in [0.15, 0.2) is 0 Å². The fourth-order valence-electron chi connectivity index (χ4n) is 7.42. The third kappa shape index (κ3) is 5.69. The van der Waals surface area contributed by atoms with Crippen LogP contribution in [0.15, 0.2) is 91.0 Å². The van der Waals surface area contributed by atoms with E-state index in [-0.39, 0.29) is 41.1 Å². The summed E-state index contributed by atoms with van der Waals surface area (Å²) in [6.45, 7) is 0.293. The number of carbonyl (C=O) groups is 3. The smallest absolute Gasteiger partial charge is 0.246 e. The molecule has 0 radical (unpaired) electrons. The van der Waals surface area contributed by atoms with Crippen molar-refractivity contribution in [1.82, 2.24) is 20.9 Å². The monoisotopic (exact) mass is 579 g/mol. The number of benzene rings is 3. The topological polar surface area (TPSA) is 117 Å². The summed E-state index contributed by atoms with van der Waals surface area (Å²) < 4.78 is 0. The minimum absolute atomic E-state index is 0.165. The molecular formula is C35H41N5O3. The van der Waals surface area contributed by atoms with Gasteiger partial charge < -0.3 is 26.6 Å². The van der Waals surface area contributed by atoms with E-state index in [1.807, 2.05) is 95.9 Å². The summed E-state index contributed by atoms with van der Waals surface area (Å²) in [5, 5.41) is 9.47. The van der Waals surface area contributed by atoms with Gasteiger partial charge in [-0.15, -0.1) is 0 Å². The number of hydrogen-bond donors (Lipinski definition) is 4. The van der Waals surface area contributed by atoms with Crippen LogP contribution in [0, 0.1) is 11.8 Å². The van der Waals surface area contributed by atoms with Crippen molar-refractivity contribution in [3.8, 4) is 0 Å². The lowest BCUT2D eigenvalue weighted by Crippen LogP contribution is -2.60. The predicted molar refractivity (Wildman–Crippen MR) is 166 cm³/mol. The maximum atomic E-state index is 14.4. The molecule has 2 heterocycles. The number of likely N-dealkylation sites (N-methyl/N-ethyl adjacent to an activating group) is 1. The second kappa shape index (κ2) is 12.3. The van der Waals surface area contributed by atoms with Crippen LogP contribution in [-0.4, -0.2) is 59.9 Å². The molecule has 3 amide bonds. The molecule has 3 aromatic carbocycles. The number of nitrogens with two attached hydrogens (primary N) is 1. The molecular weight excluding hydrogens is 538 g/mol. The van der Waals surface area contributed by atoms with Crippen molar-refractivity contribution >= 4 is 17.7 Å². The first-order valence-electron chi connectivity index (χ1n) is 15.4. The van der Waals surface area contributed by atoms with Gasteiger partial charge in [0, 0.05) is 11.5 Å². The number of nitrogens with zero attached hydrogens (tertiary/aromatic N) is 1. The van der Waals surface area contributed by atoms with Crippen LogP contribution in [0.5, 0.6) is 0 Å². The molecule has 3 aromatic rings. The van der Waals surface area contributed by atoms with Gasteiger partial charge in [-0.3, -0.25) is 14.4 Å². The van der Waals surface area contributed by atoms with E-state index in [1.54, 1.807) is 7.05 Å². The van der Waals surface area contributed by atoms with Crippen molar-refractivity contribution in [2.75, 3.05) is 13.6 Å². The van der Waals surface area contributed by atoms with Crippen LogP contribution < -0.4 is 21.7 Å². The SMILES string of the molecule is CNC(Cc1ccccc1)C(=O)NC1C(=O)N2C(C(=O)NC(c3ccccc3)c3ccccc3)CCC23CC3CC1CN. The van der Waals surface area contributed by atoms with Crippen molar-refractivity contribution in [2.24, 2.45) is 17.6 Å². The highest BCUT2D eigenvalue weighted by Gasteiger charge is 2.68. The fraction of sp³-hybridized carbons (Fsp3) is 0.400. The molecule has 6 rings (SSSR count). The minimum atomic E-state index is -0.777. The van der Waals surface area contributed by atoms with E-state index in [1.165, 1.54) is 0 Å². The van der Waals surface area contributed by atoms with E-state index >= 15 is 0 Å². The van der Waals surface area contributed by atoms with E-state index in [4.69, 9.17) is 5.73 Å². The van der Waals surface area contributed by atoms with Crippen LogP contribution in [0.2, 0.25) is 0 Å². The normalized spacial score (nSPS) is 26.7. The summed E-state index contributed by atoms with van der Waals surface area (Å²) in [6, 6.07) is 27.4. The highest BCUT2D eigenvalue weighted by Crippen LogP contribution is 2.61. The van der Waals surface area contributed by atoms with Gasteiger partial charge in [-0.1, -0.05) is 91.0 Å². The number of rotatable bonds is 10. The Bertz CT molecular complexity index is 1400. The number of hydrogen-bond acceptors (Lipinski definition) is 5. The highest BCUT2D eigenvalue weighted by molar-refractivity contribution is 5.95. The van der Waals surface area contributed by atoms with Gasteiger partial charge in [0.05, 0.1) is 12.1 Å². The summed E-state index contributed by atoms with van der Waals surface area (Å²) in [4.78, 5) is 43.9. The summed E-state index contributed by atoms with van der Waals surface area (Å²) in [5.74, 6) is -0.492. The first-order chi connectivity index (χ1) is 20.9. The van der Waals surface area contributed by atoms with Crippen LogP contribution in [0.25, 0.3) is 0 Å². The molecule has 1 saturated carbocycles. The Kier molecular flexibility index (Phi) is 8.32. The second-order valence-electron chi connectivity index (χ2n) is 12.3. The van der Waals surface area contributed by atoms with E-state index in [0.29, 0.717) is 19.4 Å². The van der Waals surface area contributed by atoms with Crippen LogP contribution in [-0.2, 0) is 20.8 Å². The quantitative estimate of drug-likeness (QED) is 0.295. The Morgan fingerprint density at radius 3 is 2.14 bits per heavy atom. The summed E-state index contributed by atoms with van der Waals surface area (Å²) >= 11 is 0. The van der Waals surface area contributed by atoms with Crippen molar-refractivity contribution in [2.45, 2.75) is 61.8 Å². The zero-order valence-corrected chi connectivity index (χ0v) is 24.6. The van der Waals surface area contributed by atoms with Gasteiger partial charge in [0.25, 0.3) is 0 Å². The van der Waals surface area contributed by atoms with Crippen LogP contribution in [0.1, 0.15) is 48.4 Å². The largest absolute Gasteiger partial charge is 0.343 e. The lowest BCUT2D eigenvalue weighted by atomic mass is 9.92. The molecule has 2 aliphatic heterocycles. The van der Waals surface area contributed by atoms with Gasteiger partial charge in [0.2, 0.25) is 17.7 Å². The zero-order valence-electron chi connectivity index (χ0n) is 24.6. The fourth-order valence-corrected chi connectivity index (χ4v) is 7.42.